The van der Waals surface area contributed by atoms with Gasteiger partial charge in [-0.2, -0.15) is 8.42 Å². The van der Waals surface area contributed by atoms with E-state index in [0.29, 0.717) is 16.5 Å². The zero-order valence-corrected chi connectivity index (χ0v) is 11.5. The minimum Gasteiger partial charge on any atom is -0.258 e. The molecule has 0 aliphatic heterocycles. The van der Waals surface area contributed by atoms with Gasteiger partial charge in [0.25, 0.3) is 0 Å². The summed E-state index contributed by atoms with van der Waals surface area (Å²) in [5.74, 6) is -0.0213. The van der Waals surface area contributed by atoms with E-state index in [4.69, 9.17) is 28.3 Å². The van der Waals surface area contributed by atoms with Gasteiger partial charge in [-0.3, -0.25) is 4.18 Å². The summed E-state index contributed by atoms with van der Waals surface area (Å²) in [5.41, 5.74) is 0.890. The van der Waals surface area contributed by atoms with Crippen LogP contribution in [0.4, 0.5) is 0 Å². The van der Waals surface area contributed by atoms with Crippen LogP contribution in [0.1, 0.15) is 12.5 Å². The van der Waals surface area contributed by atoms with Crippen molar-refractivity contribution < 1.29 is 12.6 Å². The molecule has 0 fully saturated rings. The Morgan fingerprint density at radius 3 is 2.59 bits per heavy atom. The van der Waals surface area contributed by atoms with Crippen molar-refractivity contribution in [3.05, 3.63) is 33.8 Å². The van der Waals surface area contributed by atoms with Crippen LogP contribution in [0.25, 0.3) is 0 Å². The monoisotopic (exact) mass is 297 g/mol. The minimum atomic E-state index is -3.88. The van der Waals surface area contributed by atoms with Crippen LogP contribution in [0, 0.1) is 5.92 Å². The van der Waals surface area contributed by atoms with Crippen molar-refractivity contribution in [1.29, 1.82) is 0 Å². The zero-order chi connectivity index (χ0) is 13.1. The first-order chi connectivity index (χ1) is 7.78. The van der Waals surface area contributed by atoms with Crippen LogP contribution in [0.15, 0.2) is 18.2 Å². The molecule has 0 aliphatic rings. The molecule has 2 N–H and O–H groups in total. The van der Waals surface area contributed by atoms with Crippen LogP contribution in [0.3, 0.4) is 0 Å². The van der Waals surface area contributed by atoms with E-state index in [2.05, 4.69) is 4.18 Å². The number of benzene rings is 1. The predicted molar refractivity (Wildman–Crippen MR) is 68.4 cm³/mol. The molecule has 7 heteroatoms. The number of hydrogen-bond donors (Lipinski definition) is 1. The highest BCUT2D eigenvalue weighted by Gasteiger charge is 2.11. The molecule has 0 aliphatic carbocycles. The van der Waals surface area contributed by atoms with E-state index in [1.165, 1.54) is 0 Å². The van der Waals surface area contributed by atoms with E-state index in [0.717, 1.165) is 5.56 Å². The first-order valence-corrected chi connectivity index (χ1v) is 7.12. The molecule has 1 atom stereocenters. The van der Waals surface area contributed by atoms with Gasteiger partial charge in [-0.15, -0.1) is 0 Å². The SMILES string of the molecule is CC(COS(N)(=O)=O)Cc1ccc(Cl)cc1Cl. The van der Waals surface area contributed by atoms with Crippen molar-refractivity contribution in [1.82, 2.24) is 0 Å². The first kappa shape index (κ1) is 14.7. The molecule has 0 heterocycles. The van der Waals surface area contributed by atoms with Crippen molar-refractivity contribution in [3.63, 3.8) is 0 Å². The molecule has 4 nitrogen and oxygen atoms in total. The zero-order valence-electron chi connectivity index (χ0n) is 9.19. The molecule has 1 rings (SSSR count). The lowest BCUT2D eigenvalue weighted by atomic mass is 10.0. The molecule has 0 amide bonds. The van der Waals surface area contributed by atoms with Crippen LogP contribution < -0.4 is 5.14 Å². The van der Waals surface area contributed by atoms with Gasteiger partial charge < -0.3 is 0 Å². The number of hydrogen-bond acceptors (Lipinski definition) is 3. The summed E-state index contributed by atoms with van der Waals surface area (Å²) in [5, 5.41) is 5.85. The van der Waals surface area contributed by atoms with Crippen LogP contribution in [0.2, 0.25) is 10.0 Å². The van der Waals surface area contributed by atoms with Gasteiger partial charge >= 0.3 is 10.3 Å². The van der Waals surface area contributed by atoms with Gasteiger partial charge in [-0.25, -0.2) is 5.14 Å². The Bertz CT molecular complexity index is 490. The second kappa shape index (κ2) is 6.02. The fraction of sp³-hybridized carbons (Fsp3) is 0.400. The highest BCUT2D eigenvalue weighted by Crippen LogP contribution is 2.23. The lowest BCUT2D eigenvalue weighted by Gasteiger charge is -2.12. The summed E-state index contributed by atoms with van der Waals surface area (Å²) < 4.78 is 25.7. The predicted octanol–water partition coefficient (Wildman–Crippen LogP) is 2.39. The van der Waals surface area contributed by atoms with Gasteiger partial charge in [0, 0.05) is 10.0 Å². The number of halogens is 2. The topological polar surface area (TPSA) is 69.4 Å². The quantitative estimate of drug-likeness (QED) is 0.907. The molecular weight excluding hydrogens is 285 g/mol. The smallest absolute Gasteiger partial charge is 0.258 e. The van der Waals surface area contributed by atoms with Gasteiger partial charge in [-0.05, 0) is 30.0 Å². The molecular formula is C10H13Cl2NO3S. The minimum absolute atomic E-state index is 0.0213. The van der Waals surface area contributed by atoms with E-state index in [-0.39, 0.29) is 12.5 Å². The van der Waals surface area contributed by atoms with Crippen molar-refractivity contribution in [3.8, 4) is 0 Å². The maximum Gasteiger partial charge on any atom is 0.333 e. The molecule has 0 saturated heterocycles. The molecule has 96 valence electrons. The molecule has 17 heavy (non-hydrogen) atoms. The molecule has 0 spiro atoms. The summed E-state index contributed by atoms with van der Waals surface area (Å²) in [6.45, 7) is 1.87. The van der Waals surface area contributed by atoms with Crippen LogP contribution in [-0.4, -0.2) is 15.0 Å². The van der Waals surface area contributed by atoms with Gasteiger partial charge in [-0.1, -0.05) is 36.2 Å². The van der Waals surface area contributed by atoms with E-state index in [1.54, 1.807) is 18.2 Å². The van der Waals surface area contributed by atoms with E-state index < -0.39 is 10.3 Å². The van der Waals surface area contributed by atoms with Crippen molar-refractivity contribution in [2.24, 2.45) is 11.1 Å². The Kier molecular flexibility index (Phi) is 5.22. The second-order valence-electron chi connectivity index (χ2n) is 3.82. The fourth-order valence-electron chi connectivity index (χ4n) is 1.33. The third-order valence-corrected chi connectivity index (χ3v) is 3.15. The summed E-state index contributed by atoms with van der Waals surface area (Å²) in [4.78, 5) is 0. The highest BCUT2D eigenvalue weighted by atomic mass is 35.5. The van der Waals surface area contributed by atoms with Crippen molar-refractivity contribution in [2.45, 2.75) is 13.3 Å². The Labute approximate surface area is 111 Å². The average molecular weight is 298 g/mol. The van der Waals surface area contributed by atoms with E-state index in [1.807, 2.05) is 6.92 Å². The third kappa shape index (κ3) is 5.70. The van der Waals surface area contributed by atoms with Crippen LogP contribution in [0.5, 0.6) is 0 Å². The number of rotatable bonds is 5. The normalized spacial score (nSPS) is 13.6. The summed E-state index contributed by atoms with van der Waals surface area (Å²) in [7, 11) is -3.88. The lowest BCUT2D eigenvalue weighted by molar-refractivity contribution is 0.264. The maximum atomic E-state index is 10.6. The van der Waals surface area contributed by atoms with Crippen LogP contribution >= 0.6 is 23.2 Å². The van der Waals surface area contributed by atoms with Gasteiger partial charge in [0.1, 0.15) is 0 Å². The Morgan fingerprint density at radius 2 is 2.06 bits per heavy atom. The summed E-state index contributed by atoms with van der Waals surface area (Å²) >= 11 is 11.8. The maximum absolute atomic E-state index is 10.6. The average Bonchev–Trinajstić information content (AvgIpc) is 2.18. The van der Waals surface area contributed by atoms with Gasteiger partial charge in [0.05, 0.1) is 6.61 Å². The Hall–Kier alpha value is -0.330. The molecule has 0 saturated carbocycles. The van der Waals surface area contributed by atoms with Crippen molar-refractivity contribution in [2.75, 3.05) is 6.61 Å². The lowest BCUT2D eigenvalue weighted by Crippen LogP contribution is -2.20. The van der Waals surface area contributed by atoms with Crippen LogP contribution in [-0.2, 0) is 20.9 Å². The third-order valence-electron chi connectivity index (χ3n) is 2.10. The Morgan fingerprint density at radius 1 is 1.41 bits per heavy atom. The van der Waals surface area contributed by atoms with E-state index in [9.17, 15) is 8.42 Å². The molecule has 1 aromatic rings. The molecule has 0 bridgehead atoms. The van der Waals surface area contributed by atoms with Gasteiger partial charge in [0.15, 0.2) is 0 Å². The summed E-state index contributed by atoms with van der Waals surface area (Å²) in [6, 6.07) is 5.18. The van der Waals surface area contributed by atoms with E-state index >= 15 is 0 Å². The van der Waals surface area contributed by atoms with Crippen molar-refractivity contribution >= 4 is 33.5 Å². The number of nitrogens with two attached hydrogens (primary N) is 1. The molecule has 0 radical (unpaired) electrons. The standard InChI is InChI=1S/C10H13Cl2NO3S/c1-7(6-16-17(13,14)15)4-8-2-3-9(11)5-10(8)12/h2-3,5,7H,4,6H2,1H3,(H2,13,14,15). The first-order valence-electron chi connectivity index (χ1n) is 4.89. The molecule has 0 aromatic heterocycles. The van der Waals surface area contributed by atoms with Gasteiger partial charge in [0.2, 0.25) is 0 Å². The largest absolute Gasteiger partial charge is 0.333 e. The fourth-order valence-corrected chi connectivity index (χ4v) is 2.24. The summed E-state index contributed by atoms with van der Waals surface area (Å²) in [6.07, 6.45) is 0.589. The second-order valence-corrected chi connectivity index (χ2v) is 5.89. The Balaban J connectivity index is 2.59. The molecule has 1 aromatic carbocycles. The molecule has 1 unspecified atom stereocenters. The highest BCUT2D eigenvalue weighted by molar-refractivity contribution is 7.84.